The summed E-state index contributed by atoms with van der Waals surface area (Å²) in [5.41, 5.74) is 5.42. The topological polar surface area (TPSA) is 102 Å². The van der Waals surface area contributed by atoms with Crippen molar-refractivity contribution in [2.75, 3.05) is 35.7 Å². The molecule has 10 heteroatoms. The number of hydrogen-bond donors (Lipinski definition) is 2. The van der Waals surface area contributed by atoms with Crippen molar-refractivity contribution in [2.24, 2.45) is 5.92 Å². The van der Waals surface area contributed by atoms with Crippen LogP contribution >= 0.6 is 0 Å². The van der Waals surface area contributed by atoms with Gasteiger partial charge in [-0.1, -0.05) is 42.5 Å². The highest BCUT2D eigenvalue weighted by molar-refractivity contribution is 7.92. The van der Waals surface area contributed by atoms with Crippen LogP contribution in [0.25, 0.3) is 4.85 Å². The van der Waals surface area contributed by atoms with E-state index >= 15 is 0 Å². The molecule has 0 saturated carbocycles. The van der Waals surface area contributed by atoms with E-state index in [0.29, 0.717) is 66.4 Å². The van der Waals surface area contributed by atoms with E-state index in [0.717, 1.165) is 41.7 Å². The second kappa shape index (κ2) is 14.5. The lowest BCUT2D eigenvalue weighted by molar-refractivity contribution is 0.167. The van der Waals surface area contributed by atoms with Gasteiger partial charge < -0.3 is 24.2 Å². The number of aliphatic hydroxyl groups is 1. The number of nitrogens with zero attached hydrogens (tertiary/aromatic N) is 2. The summed E-state index contributed by atoms with van der Waals surface area (Å²) in [6.45, 7) is 12.2. The number of ether oxygens (including phenoxy) is 3. The molecule has 0 amide bonds. The van der Waals surface area contributed by atoms with Crippen molar-refractivity contribution in [2.45, 2.75) is 33.0 Å². The van der Waals surface area contributed by atoms with E-state index in [1.807, 2.05) is 73.7 Å². The van der Waals surface area contributed by atoms with Crippen LogP contribution in [0.2, 0.25) is 0 Å². The minimum Gasteiger partial charge on any atom is -0.493 e. The summed E-state index contributed by atoms with van der Waals surface area (Å²) in [6.07, 6.45) is 2.11. The fraction of sp³-hybridized carbons (Fsp3) is 0.286. The molecule has 0 bridgehead atoms. The van der Waals surface area contributed by atoms with Crippen LogP contribution in [0, 0.1) is 19.4 Å². The molecule has 5 rings (SSSR count). The maximum Gasteiger partial charge on any atom is 0.229 e. The van der Waals surface area contributed by atoms with Gasteiger partial charge >= 0.3 is 0 Å². The van der Waals surface area contributed by atoms with E-state index in [1.54, 1.807) is 18.2 Å². The Balaban J connectivity index is 1.35. The zero-order chi connectivity index (χ0) is 31.8. The molecule has 0 radical (unpaired) electrons. The Morgan fingerprint density at radius 3 is 2.42 bits per heavy atom. The van der Waals surface area contributed by atoms with Crippen molar-refractivity contribution in [1.82, 2.24) is 0 Å². The van der Waals surface area contributed by atoms with Gasteiger partial charge in [0.1, 0.15) is 17.2 Å². The maximum absolute atomic E-state index is 12.0. The summed E-state index contributed by atoms with van der Waals surface area (Å²) in [6, 6.07) is 26.2. The summed E-state index contributed by atoms with van der Waals surface area (Å²) in [4.78, 5) is 5.73. The minimum absolute atomic E-state index is 0.131. The van der Waals surface area contributed by atoms with Gasteiger partial charge in [0.05, 0.1) is 38.3 Å². The van der Waals surface area contributed by atoms with Crippen LogP contribution in [-0.2, 0) is 34.5 Å². The first kappa shape index (κ1) is 31.9. The molecule has 2 N–H and O–H groups in total. The molecule has 4 aromatic rings. The highest BCUT2D eigenvalue weighted by Crippen LogP contribution is 2.32. The van der Waals surface area contributed by atoms with Crippen molar-refractivity contribution in [3.63, 3.8) is 0 Å². The number of aliphatic hydroxyl groups excluding tert-OH is 1. The average Bonchev–Trinajstić information content (AvgIpc) is 3.55. The van der Waals surface area contributed by atoms with E-state index in [-0.39, 0.29) is 6.61 Å². The Morgan fingerprint density at radius 2 is 1.71 bits per heavy atom. The fourth-order valence-corrected chi connectivity index (χ4v) is 5.88. The number of hydrogen-bond acceptors (Lipinski definition) is 7. The SMILES string of the molecule is [C-]#[N+]c1cccc(CN(Cc2ccc(Oc3cc(CO)cc(OCC4CCOC4)c3)cc2)c2cccc(NS(C)(=O)=O)c2C)c1. The monoisotopic (exact) mass is 627 g/mol. The third-order valence-electron chi connectivity index (χ3n) is 7.52. The molecule has 45 heavy (non-hydrogen) atoms. The summed E-state index contributed by atoms with van der Waals surface area (Å²) >= 11 is 0. The van der Waals surface area contributed by atoms with Crippen LogP contribution < -0.4 is 19.1 Å². The fourth-order valence-electron chi connectivity index (χ4n) is 5.26. The van der Waals surface area contributed by atoms with Crippen molar-refractivity contribution >= 4 is 27.1 Å². The second-order valence-corrected chi connectivity index (χ2v) is 13.0. The smallest absolute Gasteiger partial charge is 0.229 e. The van der Waals surface area contributed by atoms with E-state index in [4.69, 9.17) is 20.8 Å². The highest BCUT2D eigenvalue weighted by Gasteiger charge is 2.18. The molecular weight excluding hydrogens is 590 g/mol. The normalized spacial score (nSPS) is 14.5. The molecule has 1 fully saturated rings. The van der Waals surface area contributed by atoms with Crippen LogP contribution in [-0.4, -0.2) is 39.6 Å². The summed E-state index contributed by atoms with van der Waals surface area (Å²) < 4.78 is 44.2. The van der Waals surface area contributed by atoms with E-state index in [2.05, 4.69) is 14.5 Å². The minimum atomic E-state index is -3.46. The van der Waals surface area contributed by atoms with Crippen LogP contribution in [0.3, 0.4) is 0 Å². The Hall–Kier alpha value is -4.56. The van der Waals surface area contributed by atoms with Crippen LogP contribution in [0.4, 0.5) is 17.1 Å². The lowest BCUT2D eigenvalue weighted by Crippen LogP contribution is -2.23. The van der Waals surface area contributed by atoms with Gasteiger partial charge in [-0.2, -0.15) is 0 Å². The standard InChI is InChI=1S/C35H37N3O6S/c1-25-34(37-45(3,40)41)8-5-9-35(25)38(21-27-6-4-7-30(16-27)36-2)20-26-10-12-31(13-11-26)44-33-18-29(22-39)17-32(19-33)43-24-28-14-15-42-23-28/h4-13,16-19,28,37,39H,14-15,20-24H2,1,3H3. The van der Waals surface area contributed by atoms with Crippen LogP contribution in [0.15, 0.2) is 84.9 Å². The van der Waals surface area contributed by atoms with E-state index < -0.39 is 10.0 Å². The van der Waals surface area contributed by atoms with Crippen LogP contribution in [0.5, 0.6) is 17.2 Å². The van der Waals surface area contributed by atoms with Crippen molar-refractivity contribution in [3.8, 4) is 17.2 Å². The van der Waals surface area contributed by atoms with Crippen LogP contribution in [0.1, 0.15) is 28.7 Å². The Morgan fingerprint density at radius 1 is 0.956 bits per heavy atom. The first-order valence-electron chi connectivity index (χ1n) is 14.7. The van der Waals surface area contributed by atoms with Crippen molar-refractivity contribution in [1.29, 1.82) is 0 Å². The Labute approximate surface area is 264 Å². The molecule has 0 aliphatic carbocycles. The average molecular weight is 628 g/mol. The molecule has 4 aromatic carbocycles. The molecule has 9 nitrogen and oxygen atoms in total. The van der Waals surface area contributed by atoms with Gasteiger partial charge in [0.15, 0.2) is 5.69 Å². The number of rotatable bonds is 13. The van der Waals surface area contributed by atoms with Gasteiger partial charge in [-0.15, -0.1) is 0 Å². The lowest BCUT2D eigenvalue weighted by Gasteiger charge is -2.28. The predicted octanol–water partition coefficient (Wildman–Crippen LogP) is 6.82. The second-order valence-electron chi connectivity index (χ2n) is 11.2. The first-order chi connectivity index (χ1) is 21.7. The molecule has 234 valence electrons. The summed E-state index contributed by atoms with van der Waals surface area (Å²) in [5.74, 6) is 2.20. The zero-order valence-electron chi connectivity index (χ0n) is 25.4. The van der Waals surface area contributed by atoms with E-state index in [9.17, 15) is 13.5 Å². The third kappa shape index (κ3) is 8.99. The van der Waals surface area contributed by atoms with Gasteiger partial charge in [-0.3, -0.25) is 4.72 Å². The maximum atomic E-state index is 12.0. The molecule has 1 aliphatic heterocycles. The number of nitrogens with one attached hydrogen (secondary N) is 1. The largest absolute Gasteiger partial charge is 0.493 e. The summed E-state index contributed by atoms with van der Waals surface area (Å²) in [7, 11) is -3.46. The molecule has 1 unspecified atom stereocenters. The third-order valence-corrected chi connectivity index (χ3v) is 8.11. The van der Waals surface area contributed by atoms with Gasteiger partial charge in [0, 0.05) is 37.4 Å². The van der Waals surface area contributed by atoms with Crippen molar-refractivity contribution < 1.29 is 27.7 Å². The Kier molecular flexibility index (Phi) is 10.2. The molecular formula is C35H37N3O6S. The van der Waals surface area contributed by atoms with Gasteiger partial charge in [-0.05, 0) is 72.0 Å². The first-order valence-corrected chi connectivity index (χ1v) is 16.6. The molecule has 0 aromatic heterocycles. The molecule has 1 heterocycles. The Bertz CT molecular complexity index is 1760. The zero-order valence-corrected chi connectivity index (χ0v) is 26.2. The van der Waals surface area contributed by atoms with Gasteiger partial charge in [0.2, 0.25) is 10.0 Å². The lowest BCUT2D eigenvalue weighted by atomic mass is 10.1. The quantitative estimate of drug-likeness (QED) is 0.157. The summed E-state index contributed by atoms with van der Waals surface area (Å²) in [5, 5.41) is 9.79. The molecule has 1 saturated heterocycles. The number of anilines is 2. The molecule has 1 atom stereocenters. The van der Waals surface area contributed by atoms with E-state index in [1.165, 1.54) is 0 Å². The highest BCUT2D eigenvalue weighted by atomic mass is 32.2. The number of sulfonamides is 1. The van der Waals surface area contributed by atoms with Gasteiger partial charge in [0.25, 0.3) is 0 Å². The molecule has 1 aliphatic rings. The molecule has 0 spiro atoms. The van der Waals surface area contributed by atoms with Crippen molar-refractivity contribution in [3.05, 3.63) is 119 Å². The number of benzene rings is 4. The van der Waals surface area contributed by atoms with Gasteiger partial charge in [-0.25, -0.2) is 13.3 Å². The predicted molar refractivity (Wildman–Crippen MR) is 176 cm³/mol.